The molecule has 0 atom stereocenters. The van der Waals surface area contributed by atoms with Crippen molar-refractivity contribution < 1.29 is 4.74 Å². The van der Waals surface area contributed by atoms with Crippen LogP contribution in [0.3, 0.4) is 0 Å². The van der Waals surface area contributed by atoms with Crippen molar-refractivity contribution in [2.24, 2.45) is 0 Å². The van der Waals surface area contributed by atoms with Gasteiger partial charge in [0, 0.05) is 25.2 Å². The summed E-state index contributed by atoms with van der Waals surface area (Å²) in [6, 6.07) is 2.51. The monoisotopic (exact) mass is 264 g/mol. The lowest BCUT2D eigenvalue weighted by Gasteiger charge is -2.16. The quantitative estimate of drug-likeness (QED) is 0.609. The van der Waals surface area contributed by atoms with Gasteiger partial charge in [0.15, 0.2) is 0 Å². The third-order valence-corrected chi connectivity index (χ3v) is 3.57. The molecular formula is C14H24N4O. The Morgan fingerprint density at radius 1 is 1.16 bits per heavy atom. The van der Waals surface area contributed by atoms with Crippen LogP contribution in [0.1, 0.15) is 38.5 Å². The second-order valence-electron chi connectivity index (χ2n) is 5.01. The van der Waals surface area contributed by atoms with Crippen LogP contribution in [-0.4, -0.2) is 36.2 Å². The lowest BCUT2D eigenvalue weighted by Crippen LogP contribution is -2.32. The standard InChI is InChI=1S/C14H24N4O/c1-19-14-10-13(17-11-18-14)16-9-8-15-12-6-4-2-3-5-7-12/h10-12,15H,2-9H2,1H3,(H,16,17,18). The summed E-state index contributed by atoms with van der Waals surface area (Å²) in [6.07, 6.45) is 9.69. The minimum absolute atomic E-state index is 0.592. The van der Waals surface area contributed by atoms with Crippen LogP contribution in [0.15, 0.2) is 12.4 Å². The topological polar surface area (TPSA) is 59.1 Å². The van der Waals surface area contributed by atoms with Gasteiger partial charge < -0.3 is 15.4 Å². The summed E-state index contributed by atoms with van der Waals surface area (Å²) < 4.78 is 5.06. The molecule has 2 N–H and O–H groups in total. The van der Waals surface area contributed by atoms with Crippen LogP contribution in [0.5, 0.6) is 5.88 Å². The first kappa shape index (κ1) is 14.1. The third kappa shape index (κ3) is 5.03. The van der Waals surface area contributed by atoms with E-state index in [9.17, 15) is 0 Å². The molecule has 0 unspecified atom stereocenters. The summed E-state index contributed by atoms with van der Waals surface area (Å²) >= 11 is 0. The fourth-order valence-electron chi connectivity index (χ4n) is 2.50. The Hall–Kier alpha value is -1.36. The molecule has 0 saturated heterocycles. The molecule has 1 aromatic rings. The Morgan fingerprint density at radius 3 is 2.68 bits per heavy atom. The maximum Gasteiger partial charge on any atom is 0.218 e. The van der Waals surface area contributed by atoms with Crippen LogP contribution in [-0.2, 0) is 0 Å². The average molecular weight is 264 g/mol. The minimum atomic E-state index is 0.592. The van der Waals surface area contributed by atoms with Gasteiger partial charge in [-0.2, -0.15) is 0 Å². The first-order valence-electron chi connectivity index (χ1n) is 7.22. The van der Waals surface area contributed by atoms with Crippen molar-refractivity contribution in [2.75, 3.05) is 25.5 Å². The molecule has 5 heteroatoms. The first-order valence-corrected chi connectivity index (χ1v) is 7.22. The van der Waals surface area contributed by atoms with Crippen LogP contribution in [0, 0.1) is 0 Å². The molecule has 1 aliphatic carbocycles. The number of methoxy groups -OCH3 is 1. The molecule has 0 radical (unpaired) electrons. The van der Waals surface area contributed by atoms with Crippen molar-refractivity contribution in [3.8, 4) is 5.88 Å². The van der Waals surface area contributed by atoms with Gasteiger partial charge in [0.05, 0.1) is 7.11 Å². The fourth-order valence-corrected chi connectivity index (χ4v) is 2.50. The molecule has 1 saturated carbocycles. The Kier molecular flexibility index (Phi) is 5.88. The molecule has 106 valence electrons. The summed E-state index contributed by atoms with van der Waals surface area (Å²) in [4.78, 5) is 8.14. The van der Waals surface area contributed by atoms with Crippen LogP contribution in [0.2, 0.25) is 0 Å². The van der Waals surface area contributed by atoms with Gasteiger partial charge in [-0.15, -0.1) is 0 Å². The number of hydrogen-bond donors (Lipinski definition) is 2. The van der Waals surface area contributed by atoms with Crippen molar-refractivity contribution in [3.63, 3.8) is 0 Å². The highest BCUT2D eigenvalue weighted by atomic mass is 16.5. The first-order chi connectivity index (χ1) is 9.38. The van der Waals surface area contributed by atoms with E-state index >= 15 is 0 Å². The lowest BCUT2D eigenvalue weighted by atomic mass is 10.1. The van der Waals surface area contributed by atoms with E-state index in [-0.39, 0.29) is 0 Å². The zero-order valence-electron chi connectivity index (χ0n) is 11.7. The molecule has 0 bridgehead atoms. The highest BCUT2D eigenvalue weighted by Crippen LogP contribution is 2.17. The number of rotatable bonds is 6. The largest absolute Gasteiger partial charge is 0.481 e. The normalized spacial score (nSPS) is 16.9. The van der Waals surface area contributed by atoms with E-state index in [4.69, 9.17) is 4.74 Å². The van der Waals surface area contributed by atoms with E-state index in [2.05, 4.69) is 20.6 Å². The van der Waals surface area contributed by atoms with Gasteiger partial charge in [-0.1, -0.05) is 25.7 Å². The summed E-state index contributed by atoms with van der Waals surface area (Å²) in [6.45, 7) is 1.84. The molecule has 5 nitrogen and oxygen atoms in total. The predicted molar refractivity (Wildman–Crippen MR) is 76.6 cm³/mol. The highest BCUT2D eigenvalue weighted by Gasteiger charge is 2.10. The van der Waals surface area contributed by atoms with Gasteiger partial charge in [0.2, 0.25) is 5.88 Å². The Morgan fingerprint density at radius 2 is 1.95 bits per heavy atom. The second-order valence-corrected chi connectivity index (χ2v) is 5.01. The number of aromatic nitrogens is 2. The molecular weight excluding hydrogens is 240 g/mol. The van der Waals surface area contributed by atoms with E-state index in [1.54, 1.807) is 7.11 Å². The van der Waals surface area contributed by atoms with E-state index in [1.165, 1.54) is 44.9 Å². The van der Waals surface area contributed by atoms with Crippen LogP contribution in [0.25, 0.3) is 0 Å². The smallest absolute Gasteiger partial charge is 0.218 e. The number of hydrogen-bond acceptors (Lipinski definition) is 5. The van der Waals surface area contributed by atoms with Crippen LogP contribution >= 0.6 is 0 Å². The van der Waals surface area contributed by atoms with Gasteiger partial charge in [0.25, 0.3) is 0 Å². The lowest BCUT2D eigenvalue weighted by molar-refractivity contribution is 0.397. The fraction of sp³-hybridized carbons (Fsp3) is 0.714. The van der Waals surface area contributed by atoms with Crippen molar-refractivity contribution >= 4 is 5.82 Å². The van der Waals surface area contributed by atoms with E-state index in [1.807, 2.05) is 6.07 Å². The molecule has 19 heavy (non-hydrogen) atoms. The summed E-state index contributed by atoms with van der Waals surface area (Å²) in [5, 5.41) is 6.90. The predicted octanol–water partition coefficient (Wildman–Crippen LogP) is 2.21. The van der Waals surface area contributed by atoms with Gasteiger partial charge >= 0.3 is 0 Å². The van der Waals surface area contributed by atoms with Gasteiger partial charge in [-0.05, 0) is 12.8 Å². The average Bonchev–Trinajstić information content (AvgIpc) is 2.72. The minimum Gasteiger partial charge on any atom is -0.481 e. The molecule has 0 aliphatic heterocycles. The van der Waals surface area contributed by atoms with E-state index < -0.39 is 0 Å². The number of ether oxygens (including phenoxy) is 1. The molecule has 2 rings (SSSR count). The molecule has 0 spiro atoms. The highest BCUT2D eigenvalue weighted by molar-refractivity contribution is 5.36. The molecule has 1 heterocycles. The number of anilines is 1. The van der Waals surface area contributed by atoms with Crippen LogP contribution < -0.4 is 15.4 Å². The van der Waals surface area contributed by atoms with Gasteiger partial charge in [-0.3, -0.25) is 0 Å². The Bertz CT molecular complexity index is 364. The number of nitrogens with one attached hydrogen (secondary N) is 2. The summed E-state index contributed by atoms with van der Waals surface area (Å²) in [5.74, 6) is 1.41. The van der Waals surface area contributed by atoms with Crippen molar-refractivity contribution in [1.82, 2.24) is 15.3 Å². The van der Waals surface area contributed by atoms with Crippen molar-refractivity contribution in [3.05, 3.63) is 12.4 Å². The maximum absolute atomic E-state index is 5.06. The zero-order valence-corrected chi connectivity index (χ0v) is 11.7. The van der Waals surface area contributed by atoms with Crippen molar-refractivity contribution in [1.29, 1.82) is 0 Å². The molecule has 0 amide bonds. The number of nitrogens with zero attached hydrogens (tertiary/aromatic N) is 2. The molecule has 1 fully saturated rings. The van der Waals surface area contributed by atoms with Crippen LogP contribution in [0.4, 0.5) is 5.82 Å². The van der Waals surface area contributed by atoms with E-state index in [0.29, 0.717) is 11.9 Å². The van der Waals surface area contributed by atoms with Gasteiger partial charge in [0.1, 0.15) is 12.1 Å². The Labute approximate surface area is 115 Å². The van der Waals surface area contributed by atoms with Crippen molar-refractivity contribution in [2.45, 2.75) is 44.6 Å². The Balaban J connectivity index is 1.65. The zero-order chi connectivity index (χ0) is 13.3. The molecule has 0 aromatic carbocycles. The second kappa shape index (κ2) is 7.94. The van der Waals surface area contributed by atoms with E-state index in [0.717, 1.165) is 18.9 Å². The third-order valence-electron chi connectivity index (χ3n) is 3.57. The summed E-state index contributed by atoms with van der Waals surface area (Å²) in [5.41, 5.74) is 0. The van der Waals surface area contributed by atoms with Gasteiger partial charge in [-0.25, -0.2) is 9.97 Å². The molecule has 1 aromatic heterocycles. The SMILES string of the molecule is COc1cc(NCCNC2CCCCCC2)ncn1. The molecule has 1 aliphatic rings. The summed E-state index contributed by atoms with van der Waals surface area (Å²) in [7, 11) is 1.61. The maximum atomic E-state index is 5.06.